The smallest absolute Gasteiger partial charge is 0.306 e. The van der Waals surface area contributed by atoms with Gasteiger partial charge in [0.25, 0.3) is 0 Å². The predicted molar refractivity (Wildman–Crippen MR) is 39.7 cm³/mol. The van der Waals surface area contributed by atoms with E-state index in [4.69, 9.17) is 11.6 Å². The second kappa shape index (κ2) is 6.44. The van der Waals surface area contributed by atoms with Gasteiger partial charge in [0.05, 0.1) is 19.4 Å². The first-order valence-electron chi connectivity index (χ1n) is 2.89. The molecule has 0 aromatic carbocycles. The average molecular weight is 161 g/mol. The third-order valence-electron chi connectivity index (χ3n) is 0.874. The van der Waals surface area contributed by atoms with Gasteiger partial charge < -0.3 is 4.74 Å². The molecule has 2 nitrogen and oxygen atoms in total. The van der Waals surface area contributed by atoms with Crippen LogP contribution in [0.4, 0.5) is 0 Å². The zero-order chi connectivity index (χ0) is 7.82. The largest absolute Gasteiger partial charge is 0.469 e. The van der Waals surface area contributed by atoms with Crippen LogP contribution in [0.5, 0.6) is 0 Å². The topological polar surface area (TPSA) is 26.3 Å². The van der Waals surface area contributed by atoms with Crippen LogP contribution in [0, 0.1) is 11.8 Å². The molecule has 0 aliphatic heterocycles. The molecule has 10 heavy (non-hydrogen) atoms. The minimum atomic E-state index is -0.233. The lowest BCUT2D eigenvalue weighted by Gasteiger charge is -1.91. The minimum Gasteiger partial charge on any atom is -0.469 e. The standard InChI is InChI=1S/C7H9ClO2/c1-10-7(9)5-3-2-4-6-8/h3,5-6H2,1H3. The number of rotatable bonds is 2. The Hall–Kier alpha value is -0.680. The maximum atomic E-state index is 10.5. The molecule has 0 bridgehead atoms. The van der Waals surface area contributed by atoms with E-state index in [0.717, 1.165) is 0 Å². The van der Waals surface area contributed by atoms with E-state index >= 15 is 0 Å². The van der Waals surface area contributed by atoms with E-state index < -0.39 is 0 Å². The van der Waals surface area contributed by atoms with Crippen molar-refractivity contribution in [2.45, 2.75) is 12.8 Å². The first kappa shape index (κ1) is 9.32. The Labute approximate surface area is 65.5 Å². The van der Waals surface area contributed by atoms with E-state index in [1.807, 2.05) is 0 Å². The van der Waals surface area contributed by atoms with Gasteiger partial charge >= 0.3 is 5.97 Å². The molecular formula is C7H9ClO2. The lowest BCUT2D eigenvalue weighted by atomic mass is 10.3. The number of halogens is 1. The molecule has 0 spiro atoms. The van der Waals surface area contributed by atoms with Gasteiger partial charge in [-0.3, -0.25) is 4.79 Å². The SMILES string of the molecule is COC(=O)CCC#CCCl. The summed E-state index contributed by atoms with van der Waals surface area (Å²) in [6.45, 7) is 0. The fraction of sp³-hybridized carbons (Fsp3) is 0.571. The Morgan fingerprint density at radius 1 is 1.60 bits per heavy atom. The number of alkyl halides is 1. The summed E-state index contributed by atoms with van der Waals surface area (Å²) >= 11 is 5.26. The molecule has 0 unspecified atom stereocenters. The van der Waals surface area contributed by atoms with Gasteiger partial charge in [-0.25, -0.2) is 0 Å². The quantitative estimate of drug-likeness (QED) is 0.345. The summed E-state index contributed by atoms with van der Waals surface area (Å²) in [7, 11) is 1.36. The van der Waals surface area contributed by atoms with Crippen LogP contribution in [-0.2, 0) is 9.53 Å². The Bertz CT molecular complexity index is 155. The highest BCUT2D eigenvalue weighted by atomic mass is 35.5. The molecule has 0 rings (SSSR count). The molecule has 0 aromatic rings. The number of ether oxygens (including phenoxy) is 1. The molecule has 0 N–H and O–H groups in total. The predicted octanol–water partition coefficient (Wildman–Crippen LogP) is 1.18. The van der Waals surface area contributed by atoms with Crippen LogP contribution in [0.15, 0.2) is 0 Å². The fourth-order valence-electron chi connectivity index (χ4n) is 0.402. The van der Waals surface area contributed by atoms with Crippen LogP contribution in [0.2, 0.25) is 0 Å². The van der Waals surface area contributed by atoms with Gasteiger partial charge in [0.1, 0.15) is 0 Å². The van der Waals surface area contributed by atoms with E-state index in [9.17, 15) is 4.79 Å². The molecule has 0 saturated carbocycles. The second-order valence-electron chi connectivity index (χ2n) is 1.56. The van der Waals surface area contributed by atoms with Crippen molar-refractivity contribution in [3.8, 4) is 11.8 Å². The number of esters is 1. The third-order valence-corrected chi connectivity index (χ3v) is 1.01. The molecule has 0 aliphatic rings. The molecule has 0 atom stereocenters. The first-order valence-corrected chi connectivity index (χ1v) is 3.43. The van der Waals surface area contributed by atoms with Crippen LogP contribution >= 0.6 is 11.6 Å². The van der Waals surface area contributed by atoms with Crippen molar-refractivity contribution in [2.24, 2.45) is 0 Å². The van der Waals surface area contributed by atoms with Gasteiger partial charge in [-0.05, 0) is 0 Å². The van der Waals surface area contributed by atoms with Gasteiger partial charge in [-0.15, -0.1) is 17.5 Å². The molecule has 0 saturated heterocycles. The molecule has 3 heteroatoms. The Morgan fingerprint density at radius 3 is 2.80 bits per heavy atom. The van der Waals surface area contributed by atoms with E-state index in [1.54, 1.807) is 0 Å². The highest BCUT2D eigenvalue weighted by Gasteiger charge is 1.94. The fourth-order valence-corrected chi connectivity index (χ4v) is 0.497. The summed E-state index contributed by atoms with van der Waals surface area (Å²) in [4.78, 5) is 10.5. The highest BCUT2D eigenvalue weighted by molar-refractivity contribution is 6.19. The van der Waals surface area contributed by atoms with Crippen molar-refractivity contribution in [2.75, 3.05) is 13.0 Å². The Kier molecular flexibility index (Phi) is 6.00. The van der Waals surface area contributed by atoms with E-state index in [2.05, 4.69) is 16.6 Å². The number of methoxy groups -OCH3 is 1. The van der Waals surface area contributed by atoms with Crippen LogP contribution in [-0.4, -0.2) is 19.0 Å². The molecule has 0 aromatic heterocycles. The molecule has 0 aliphatic carbocycles. The number of carbonyl (C=O) groups is 1. The van der Waals surface area contributed by atoms with E-state index in [1.165, 1.54) is 7.11 Å². The number of hydrogen-bond donors (Lipinski definition) is 0. The Balaban J connectivity index is 3.27. The van der Waals surface area contributed by atoms with Crippen LogP contribution < -0.4 is 0 Å². The summed E-state index contributed by atoms with van der Waals surface area (Å²) in [5.41, 5.74) is 0. The number of hydrogen-bond acceptors (Lipinski definition) is 2. The van der Waals surface area contributed by atoms with Crippen molar-refractivity contribution >= 4 is 17.6 Å². The summed E-state index contributed by atoms with van der Waals surface area (Å²) in [5, 5.41) is 0. The normalized spacial score (nSPS) is 7.80. The van der Waals surface area contributed by atoms with Crippen molar-refractivity contribution in [3.63, 3.8) is 0 Å². The zero-order valence-electron chi connectivity index (χ0n) is 5.82. The Morgan fingerprint density at radius 2 is 2.30 bits per heavy atom. The van der Waals surface area contributed by atoms with E-state index in [-0.39, 0.29) is 5.97 Å². The maximum Gasteiger partial charge on any atom is 0.306 e. The second-order valence-corrected chi connectivity index (χ2v) is 1.83. The molecule has 0 fully saturated rings. The van der Waals surface area contributed by atoms with Gasteiger partial charge in [0.2, 0.25) is 0 Å². The minimum absolute atomic E-state index is 0.233. The van der Waals surface area contributed by atoms with Gasteiger partial charge in [0.15, 0.2) is 0 Å². The maximum absolute atomic E-state index is 10.5. The van der Waals surface area contributed by atoms with Crippen molar-refractivity contribution in [3.05, 3.63) is 0 Å². The number of carbonyl (C=O) groups excluding carboxylic acids is 1. The summed E-state index contributed by atoms with van der Waals surface area (Å²) < 4.78 is 4.39. The van der Waals surface area contributed by atoms with Crippen molar-refractivity contribution in [1.82, 2.24) is 0 Å². The summed E-state index contributed by atoms with van der Waals surface area (Å²) in [6, 6.07) is 0. The zero-order valence-corrected chi connectivity index (χ0v) is 6.57. The third kappa shape index (κ3) is 5.46. The summed E-state index contributed by atoms with van der Waals surface area (Å²) in [5.74, 6) is 5.44. The van der Waals surface area contributed by atoms with Crippen LogP contribution in [0.1, 0.15) is 12.8 Å². The van der Waals surface area contributed by atoms with Gasteiger partial charge in [0, 0.05) is 6.42 Å². The summed E-state index contributed by atoms with van der Waals surface area (Å²) in [6.07, 6.45) is 0.875. The van der Waals surface area contributed by atoms with Gasteiger partial charge in [-0.1, -0.05) is 5.92 Å². The lowest BCUT2D eigenvalue weighted by Crippen LogP contribution is -1.98. The van der Waals surface area contributed by atoms with Gasteiger partial charge in [-0.2, -0.15) is 0 Å². The van der Waals surface area contributed by atoms with E-state index in [0.29, 0.717) is 18.7 Å². The van der Waals surface area contributed by atoms with Crippen LogP contribution in [0.3, 0.4) is 0 Å². The molecule has 0 radical (unpaired) electrons. The van der Waals surface area contributed by atoms with Crippen LogP contribution in [0.25, 0.3) is 0 Å². The van der Waals surface area contributed by atoms with Crippen molar-refractivity contribution in [1.29, 1.82) is 0 Å². The first-order chi connectivity index (χ1) is 4.81. The highest BCUT2D eigenvalue weighted by Crippen LogP contribution is 1.88. The van der Waals surface area contributed by atoms with Crippen molar-refractivity contribution < 1.29 is 9.53 Å². The molecular weight excluding hydrogens is 152 g/mol. The molecule has 0 amide bonds. The average Bonchev–Trinajstić information content (AvgIpc) is 1.98. The molecule has 0 heterocycles. The lowest BCUT2D eigenvalue weighted by molar-refractivity contribution is -0.140. The molecule has 56 valence electrons. The monoisotopic (exact) mass is 160 g/mol.